The Hall–Kier alpha value is -6.33. The predicted molar refractivity (Wildman–Crippen MR) is 224 cm³/mol. The molecule has 16 nitrogen and oxygen atoms in total. The summed E-state index contributed by atoms with van der Waals surface area (Å²) in [5.74, 6) is -0.121. The maximum Gasteiger partial charge on any atom is 0.325 e. The van der Waals surface area contributed by atoms with Gasteiger partial charge in [-0.3, -0.25) is 24.2 Å². The molecule has 3 aliphatic rings. The third-order valence-corrected chi connectivity index (χ3v) is 8.09. The quantitative estimate of drug-likeness (QED) is 0.244. The Labute approximate surface area is 338 Å². The summed E-state index contributed by atoms with van der Waals surface area (Å²) in [7, 11) is 0. The number of amides is 2. The van der Waals surface area contributed by atoms with E-state index in [9.17, 15) is 32.8 Å². The molecule has 0 radical (unpaired) electrons. The van der Waals surface area contributed by atoms with Crippen molar-refractivity contribution in [3.05, 3.63) is 133 Å². The van der Waals surface area contributed by atoms with Crippen LogP contribution in [0.3, 0.4) is 0 Å². The fourth-order valence-corrected chi connectivity index (χ4v) is 4.88. The summed E-state index contributed by atoms with van der Waals surface area (Å²) in [6.07, 6.45) is 7.32. The molecule has 2 aromatic rings. The van der Waals surface area contributed by atoms with Crippen molar-refractivity contribution in [1.82, 2.24) is 45.3 Å². The van der Waals surface area contributed by atoms with Crippen LogP contribution in [-0.4, -0.2) is 59.2 Å². The smallest absolute Gasteiger partial charge is 0.325 e. The zero-order valence-electron chi connectivity index (χ0n) is 35.5. The van der Waals surface area contributed by atoms with E-state index >= 15 is 0 Å². The van der Waals surface area contributed by atoms with Gasteiger partial charge in [-0.25, -0.2) is 14.8 Å². The number of hydrogen-bond donors (Lipinski definition) is 6. The zero-order chi connectivity index (χ0) is 44.8. The second-order valence-corrected chi connectivity index (χ2v) is 14.6. The molecule has 0 aromatic carbocycles. The van der Waals surface area contributed by atoms with E-state index in [0.717, 1.165) is 29.2 Å². The van der Waals surface area contributed by atoms with Gasteiger partial charge in [0, 0.05) is 59.8 Å². The number of nitrogens with one attached hydrogen (secondary N) is 5. The summed E-state index contributed by atoms with van der Waals surface area (Å²) in [6.45, 7) is 33.9. The largest absolute Gasteiger partial charge is 0.369 e. The first-order valence-electron chi connectivity index (χ1n) is 18.5. The molecule has 5 rings (SSSR count). The fraction of sp³-hybridized carbons (Fsp3) is 0.425. The van der Waals surface area contributed by atoms with Crippen molar-refractivity contribution in [2.75, 3.05) is 0 Å². The first-order chi connectivity index (χ1) is 26.8. The second kappa shape index (κ2) is 22.4. The molecule has 2 amide bonds. The minimum Gasteiger partial charge on any atom is -0.369 e. The summed E-state index contributed by atoms with van der Waals surface area (Å²) in [5.41, 5.74) is 7.91. The number of H-pyrrole nitrogens is 2. The van der Waals surface area contributed by atoms with Gasteiger partial charge in [0.2, 0.25) is 11.8 Å². The van der Waals surface area contributed by atoms with E-state index < -0.39 is 23.4 Å². The molecule has 7 N–H and O–H groups in total. The topological polar surface area (TPSA) is 216 Å². The van der Waals surface area contributed by atoms with Crippen LogP contribution >= 0.6 is 0 Å². The number of nitrogens with zero attached hydrogens (tertiary/aromatic N) is 5. The maximum atomic E-state index is 12.7. The van der Waals surface area contributed by atoms with E-state index in [2.05, 4.69) is 69.5 Å². The molecule has 0 saturated heterocycles. The monoisotopic (exact) mass is 811 g/mol. The maximum absolute atomic E-state index is 12.7. The van der Waals surface area contributed by atoms with Gasteiger partial charge in [0.1, 0.15) is 17.3 Å². The highest BCUT2D eigenvalue weighted by molar-refractivity contribution is 5.94. The van der Waals surface area contributed by atoms with Crippen molar-refractivity contribution in [3.8, 4) is 0 Å². The summed E-state index contributed by atoms with van der Waals surface area (Å²) in [4.78, 5) is 70.1. The van der Waals surface area contributed by atoms with Gasteiger partial charge in [-0.2, -0.15) is 8.78 Å². The summed E-state index contributed by atoms with van der Waals surface area (Å²) >= 11 is 0. The SMILES string of the molecule is C=C1NC(=O)C(C)=CN1C(C)C.C=C1NC(=O)C(F)=CN1C(C)C.C=C1NC(N)=NC=C1C(C)C.CC(C)c1c[nH]c(=O)[nH]c1=O.Cc1nc(F)cn(C(C)C)c1=O. The first-order valence-corrected chi connectivity index (χ1v) is 18.5. The molecule has 0 aliphatic carbocycles. The van der Waals surface area contributed by atoms with Crippen LogP contribution in [0.4, 0.5) is 8.78 Å². The molecule has 5 heterocycles. The Morgan fingerprint density at radius 2 is 1.28 bits per heavy atom. The van der Waals surface area contributed by atoms with Crippen molar-refractivity contribution < 1.29 is 18.4 Å². The summed E-state index contributed by atoms with van der Waals surface area (Å²) < 4.78 is 26.8. The average Bonchev–Trinajstić information content (AvgIpc) is 3.10. The first kappa shape index (κ1) is 49.7. The molecular formula is C40H59F2N11O5. The number of carbonyl (C=O) groups is 2. The lowest BCUT2D eigenvalue weighted by molar-refractivity contribution is -0.119. The number of nitrogens with two attached hydrogens (primary N) is 1. The lowest BCUT2D eigenvalue weighted by Crippen LogP contribution is -2.40. The number of halogens is 2. The standard InChI is InChI=1S/C9H14N2O.2C8H11FN2O.C8H13N3.C7H10N2O2/c1-6(2)11-5-7(3)9(12)10-8(11)4;1-5(2)11-4-7(9)8(12)10-6(11)3;1-5(2)11-4-7(9)10-6(3)8(11)12;1-5(2)7-4-10-8(9)11-6(7)3;1-4(2)5-3-8-7(11)9-6(5)10/h5-6H,4H2,1-3H3,(H,10,12);4-5H,3H2,1-2H3,(H,10,12);4-5H,1-3H3;4-5H,3H2,1-2H3,(H3,9,10,11);3-4H,1-2H3,(H2,8,9,10,11). The summed E-state index contributed by atoms with van der Waals surface area (Å²) in [5, 5.41) is 7.87. The minimum atomic E-state index is -0.781. The van der Waals surface area contributed by atoms with Crippen LogP contribution in [0.15, 0.2) is 104 Å². The Bertz CT molecular complexity index is 2080. The third kappa shape index (κ3) is 15.3. The number of aromatic amines is 2. The van der Waals surface area contributed by atoms with Gasteiger partial charge in [-0.05, 0) is 72.8 Å². The average molecular weight is 812 g/mol. The van der Waals surface area contributed by atoms with E-state index in [1.54, 1.807) is 18.0 Å². The van der Waals surface area contributed by atoms with Crippen LogP contribution in [0.25, 0.3) is 0 Å². The van der Waals surface area contributed by atoms with Gasteiger partial charge >= 0.3 is 5.69 Å². The van der Waals surface area contributed by atoms with Crippen LogP contribution in [0.2, 0.25) is 0 Å². The highest BCUT2D eigenvalue weighted by Gasteiger charge is 2.22. The highest BCUT2D eigenvalue weighted by Crippen LogP contribution is 2.18. The molecule has 0 fully saturated rings. The van der Waals surface area contributed by atoms with Gasteiger partial charge in [-0.1, -0.05) is 47.4 Å². The molecule has 0 spiro atoms. The van der Waals surface area contributed by atoms with Crippen LogP contribution in [0.5, 0.6) is 0 Å². The van der Waals surface area contributed by atoms with Gasteiger partial charge in [-0.15, -0.1) is 0 Å². The Morgan fingerprint density at radius 1 is 0.741 bits per heavy atom. The number of hydrogen-bond acceptors (Lipinski definition) is 11. The number of rotatable bonds is 5. The van der Waals surface area contributed by atoms with Crippen LogP contribution < -0.4 is 38.5 Å². The molecule has 0 unspecified atom stereocenters. The molecule has 318 valence electrons. The Morgan fingerprint density at radius 3 is 1.74 bits per heavy atom. The Balaban J connectivity index is 0.000000363. The van der Waals surface area contributed by atoms with Gasteiger partial charge in [0.25, 0.3) is 22.9 Å². The van der Waals surface area contributed by atoms with E-state index in [1.807, 2.05) is 66.5 Å². The molecule has 0 saturated carbocycles. The number of allylic oxidation sites excluding steroid dienone is 1. The lowest BCUT2D eigenvalue weighted by atomic mass is 10.0. The third-order valence-electron chi connectivity index (χ3n) is 8.09. The van der Waals surface area contributed by atoms with Crippen molar-refractivity contribution in [1.29, 1.82) is 0 Å². The second-order valence-electron chi connectivity index (χ2n) is 14.6. The summed E-state index contributed by atoms with van der Waals surface area (Å²) in [6, 6.07) is 0.380. The van der Waals surface area contributed by atoms with E-state index in [1.165, 1.54) is 17.7 Å². The van der Waals surface area contributed by atoms with Crippen LogP contribution in [0.1, 0.15) is 99.4 Å². The number of guanidine groups is 1. The molecule has 58 heavy (non-hydrogen) atoms. The molecular weight excluding hydrogens is 753 g/mol. The van der Waals surface area contributed by atoms with Gasteiger partial charge < -0.3 is 41.0 Å². The number of aryl methyl sites for hydroxylation is 1. The number of carbonyl (C=O) groups excluding carboxylic acids is 2. The van der Waals surface area contributed by atoms with E-state index in [0.29, 0.717) is 35.1 Å². The van der Waals surface area contributed by atoms with Crippen molar-refractivity contribution >= 4 is 17.8 Å². The van der Waals surface area contributed by atoms with Gasteiger partial charge in [0.15, 0.2) is 5.96 Å². The fourth-order valence-electron chi connectivity index (χ4n) is 4.88. The molecule has 18 heteroatoms. The van der Waals surface area contributed by atoms with Crippen molar-refractivity contribution in [2.45, 2.75) is 107 Å². The number of aliphatic imine (C=N–C) groups is 1. The molecule has 2 aromatic heterocycles. The normalized spacial score (nSPS) is 15.0. The van der Waals surface area contributed by atoms with Crippen LogP contribution in [0, 0.1) is 18.8 Å². The number of aromatic nitrogens is 4. The highest BCUT2D eigenvalue weighted by atomic mass is 19.1. The lowest BCUT2D eigenvalue weighted by Gasteiger charge is -2.31. The Kier molecular flexibility index (Phi) is 19.2. The van der Waals surface area contributed by atoms with Gasteiger partial charge in [0.05, 0.1) is 6.20 Å². The minimum absolute atomic E-state index is 0.0336. The molecule has 0 atom stereocenters. The molecule has 3 aliphatic heterocycles. The van der Waals surface area contributed by atoms with E-state index in [4.69, 9.17) is 5.73 Å². The van der Waals surface area contributed by atoms with Crippen LogP contribution in [-0.2, 0) is 9.59 Å². The molecule has 0 bridgehead atoms. The predicted octanol–water partition coefficient (Wildman–Crippen LogP) is 4.73. The van der Waals surface area contributed by atoms with Crippen molar-refractivity contribution in [2.24, 2.45) is 16.6 Å². The van der Waals surface area contributed by atoms with E-state index in [-0.39, 0.29) is 40.7 Å². The zero-order valence-corrected chi connectivity index (χ0v) is 35.5. The van der Waals surface area contributed by atoms with Crippen molar-refractivity contribution in [3.63, 3.8) is 0 Å².